The number of aldehydes is 1. The molecule has 0 aromatic heterocycles. The Morgan fingerprint density at radius 2 is 1.88 bits per heavy atom. The molecule has 0 saturated carbocycles. The van der Waals surface area contributed by atoms with Gasteiger partial charge < -0.3 is 19.9 Å². The normalized spacial score (nSPS) is 15.8. The maximum Gasteiger partial charge on any atom is 0.236 e. The number of hydrogen-bond acceptors (Lipinski definition) is 5. The van der Waals surface area contributed by atoms with Crippen LogP contribution in [0.2, 0.25) is 0 Å². The minimum atomic E-state index is -0.811. The van der Waals surface area contributed by atoms with Gasteiger partial charge in [0.05, 0.1) is 11.6 Å². The Morgan fingerprint density at radius 3 is 2.46 bits per heavy atom. The number of nitrogens with zero attached hydrogens (tertiary/aromatic N) is 3. The maximum atomic E-state index is 12.8. The number of nitriles is 1. The van der Waals surface area contributed by atoms with Crippen LogP contribution in [0.15, 0.2) is 24.3 Å². The smallest absolute Gasteiger partial charge is 0.236 e. The quantitative estimate of drug-likeness (QED) is 0.451. The summed E-state index contributed by atoms with van der Waals surface area (Å²) in [5.41, 5.74) is 1.04. The number of hydrogen-bond donors (Lipinski definition) is 1. The summed E-state index contributed by atoms with van der Waals surface area (Å²) in [6, 6.07) is 8.52. The second-order valence-corrected chi connectivity index (χ2v) is 6.46. The summed E-state index contributed by atoms with van der Waals surface area (Å²) in [7, 11) is 2.00. The predicted molar refractivity (Wildman–Crippen MR) is 97.3 cm³/mol. The molecule has 1 aromatic rings. The number of benzene rings is 1. The van der Waals surface area contributed by atoms with E-state index in [2.05, 4.69) is 10.2 Å². The Balaban J connectivity index is 2.06. The third kappa shape index (κ3) is 5.39. The molecule has 1 N–H and O–H groups in total. The number of carbonyl (C=O) groups excluding carboxylic acids is 3. The summed E-state index contributed by atoms with van der Waals surface area (Å²) in [6.45, 7) is 2.77. The molecule has 0 aliphatic carbocycles. The largest absolute Gasteiger partial charge is 0.339 e. The Morgan fingerprint density at radius 1 is 1.23 bits per heavy atom. The molecule has 0 bridgehead atoms. The highest BCUT2D eigenvalue weighted by Gasteiger charge is 2.31. The molecule has 7 heteroatoms. The molecule has 1 fully saturated rings. The SMILES string of the molecule is CN1CCN(C(=O)[C@@H](CCCC=O)C(=O)Nc2ccc(C#N)cc2)CC1. The standard InChI is InChI=1S/C19H24N4O3/c1-22-9-11-23(12-10-22)19(26)17(4-2-3-13-24)18(25)21-16-7-5-15(14-20)6-8-16/h5-8,13,17H,2-4,9-12H2,1H3,(H,21,25)/t17-/m0/s1. The topological polar surface area (TPSA) is 93.5 Å². The first-order valence-electron chi connectivity index (χ1n) is 8.77. The van der Waals surface area contributed by atoms with E-state index in [0.29, 0.717) is 43.6 Å². The summed E-state index contributed by atoms with van der Waals surface area (Å²) in [6.07, 6.45) is 1.97. The molecule has 1 saturated heterocycles. The zero-order valence-corrected chi connectivity index (χ0v) is 15.0. The van der Waals surface area contributed by atoms with Crippen LogP contribution in [0.3, 0.4) is 0 Å². The first-order chi connectivity index (χ1) is 12.5. The fraction of sp³-hybridized carbons (Fsp3) is 0.474. The lowest BCUT2D eigenvalue weighted by molar-refractivity contribution is -0.142. The number of anilines is 1. The molecule has 1 heterocycles. The number of nitrogens with one attached hydrogen (secondary N) is 1. The Labute approximate surface area is 153 Å². The molecule has 1 atom stereocenters. The van der Waals surface area contributed by atoms with Gasteiger partial charge in [0.2, 0.25) is 11.8 Å². The van der Waals surface area contributed by atoms with E-state index in [9.17, 15) is 14.4 Å². The van der Waals surface area contributed by atoms with Gasteiger partial charge in [-0.3, -0.25) is 9.59 Å². The van der Waals surface area contributed by atoms with Crippen molar-refractivity contribution < 1.29 is 14.4 Å². The van der Waals surface area contributed by atoms with E-state index in [4.69, 9.17) is 5.26 Å². The number of amides is 2. The van der Waals surface area contributed by atoms with E-state index >= 15 is 0 Å². The van der Waals surface area contributed by atoms with Gasteiger partial charge in [-0.2, -0.15) is 5.26 Å². The fourth-order valence-corrected chi connectivity index (χ4v) is 2.88. The van der Waals surface area contributed by atoms with E-state index < -0.39 is 5.92 Å². The highest BCUT2D eigenvalue weighted by atomic mass is 16.2. The fourth-order valence-electron chi connectivity index (χ4n) is 2.88. The van der Waals surface area contributed by atoms with Crippen LogP contribution in [0.5, 0.6) is 0 Å². The van der Waals surface area contributed by atoms with Crippen molar-refractivity contribution in [1.82, 2.24) is 9.80 Å². The molecule has 1 aliphatic rings. The molecule has 26 heavy (non-hydrogen) atoms. The molecule has 7 nitrogen and oxygen atoms in total. The summed E-state index contributed by atoms with van der Waals surface area (Å²) < 4.78 is 0. The summed E-state index contributed by atoms with van der Waals surface area (Å²) in [5, 5.41) is 11.6. The number of piperazine rings is 1. The Hall–Kier alpha value is -2.72. The van der Waals surface area contributed by atoms with Gasteiger partial charge in [0.15, 0.2) is 0 Å². The van der Waals surface area contributed by atoms with E-state index in [1.165, 1.54) is 0 Å². The maximum absolute atomic E-state index is 12.8. The van der Waals surface area contributed by atoms with Crippen molar-refractivity contribution in [1.29, 1.82) is 5.26 Å². The summed E-state index contributed by atoms with van der Waals surface area (Å²) in [5.74, 6) is -1.37. The summed E-state index contributed by atoms with van der Waals surface area (Å²) in [4.78, 5) is 40.0. The molecule has 0 unspecified atom stereocenters. The van der Waals surface area contributed by atoms with Gasteiger partial charge in [-0.15, -0.1) is 0 Å². The predicted octanol–water partition coefficient (Wildman–Crippen LogP) is 1.26. The second-order valence-electron chi connectivity index (χ2n) is 6.46. The van der Waals surface area contributed by atoms with Crippen molar-refractivity contribution >= 4 is 23.8 Å². The van der Waals surface area contributed by atoms with E-state index in [1.807, 2.05) is 13.1 Å². The van der Waals surface area contributed by atoms with Crippen molar-refractivity contribution in [3.05, 3.63) is 29.8 Å². The Kier molecular flexibility index (Phi) is 7.30. The van der Waals surface area contributed by atoms with Gasteiger partial charge in [-0.25, -0.2) is 0 Å². The average molecular weight is 356 g/mol. The zero-order chi connectivity index (χ0) is 18.9. The number of carbonyl (C=O) groups is 3. The van der Waals surface area contributed by atoms with Gasteiger partial charge in [-0.1, -0.05) is 0 Å². The van der Waals surface area contributed by atoms with Crippen LogP contribution >= 0.6 is 0 Å². The van der Waals surface area contributed by atoms with Crippen LogP contribution in [0.1, 0.15) is 24.8 Å². The van der Waals surface area contributed by atoms with Crippen molar-refractivity contribution in [3.8, 4) is 6.07 Å². The van der Waals surface area contributed by atoms with Crippen molar-refractivity contribution in [2.75, 3.05) is 38.5 Å². The van der Waals surface area contributed by atoms with Gasteiger partial charge in [0.1, 0.15) is 12.2 Å². The highest BCUT2D eigenvalue weighted by Crippen LogP contribution is 2.17. The first kappa shape index (κ1) is 19.6. The van der Waals surface area contributed by atoms with Crippen LogP contribution < -0.4 is 5.32 Å². The van der Waals surface area contributed by atoms with Gasteiger partial charge in [0.25, 0.3) is 0 Å². The Bertz CT molecular complexity index is 673. The molecular formula is C19H24N4O3. The molecule has 0 radical (unpaired) electrons. The second kappa shape index (κ2) is 9.68. The van der Waals surface area contributed by atoms with Crippen LogP contribution in [-0.2, 0) is 14.4 Å². The van der Waals surface area contributed by atoms with E-state index in [-0.39, 0.29) is 11.8 Å². The lowest BCUT2D eigenvalue weighted by Gasteiger charge is -2.34. The number of rotatable bonds is 7. The van der Waals surface area contributed by atoms with Gasteiger partial charge in [-0.05, 0) is 44.2 Å². The van der Waals surface area contributed by atoms with Crippen molar-refractivity contribution in [2.24, 2.45) is 5.92 Å². The number of unbranched alkanes of at least 4 members (excludes halogenated alkanes) is 1. The van der Waals surface area contributed by atoms with E-state index in [1.54, 1.807) is 29.2 Å². The average Bonchev–Trinajstić information content (AvgIpc) is 2.66. The van der Waals surface area contributed by atoms with E-state index in [0.717, 1.165) is 19.4 Å². The van der Waals surface area contributed by atoms with Crippen LogP contribution in [-0.4, -0.2) is 61.1 Å². The lowest BCUT2D eigenvalue weighted by Crippen LogP contribution is -2.50. The highest BCUT2D eigenvalue weighted by molar-refractivity contribution is 6.06. The molecular weight excluding hydrogens is 332 g/mol. The molecule has 2 amide bonds. The van der Waals surface area contributed by atoms with Crippen molar-refractivity contribution in [3.63, 3.8) is 0 Å². The van der Waals surface area contributed by atoms with Crippen LogP contribution in [0.4, 0.5) is 5.69 Å². The number of likely N-dealkylation sites (N-methyl/N-ethyl adjacent to an activating group) is 1. The zero-order valence-electron chi connectivity index (χ0n) is 15.0. The minimum absolute atomic E-state index is 0.185. The monoisotopic (exact) mass is 356 g/mol. The van der Waals surface area contributed by atoms with Crippen LogP contribution in [0, 0.1) is 17.2 Å². The van der Waals surface area contributed by atoms with Crippen LogP contribution in [0.25, 0.3) is 0 Å². The molecule has 138 valence electrons. The molecule has 2 rings (SSSR count). The molecule has 1 aromatic carbocycles. The third-order valence-corrected chi connectivity index (χ3v) is 4.53. The van der Waals surface area contributed by atoms with Gasteiger partial charge >= 0.3 is 0 Å². The summed E-state index contributed by atoms with van der Waals surface area (Å²) >= 11 is 0. The first-order valence-corrected chi connectivity index (χ1v) is 8.77. The lowest BCUT2D eigenvalue weighted by atomic mass is 9.98. The molecule has 0 spiro atoms. The van der Waals surface area contributed by atoms with Crippen molar-refractivity contribution in [2.45, 2.75) is 19.3 Å². The third-order valence-electron chi connectivity index (χ3n) is 4.53. The van der Waals surface area contributed by atoms with Gasteiger partial charge in [0, 0.05) is 38.3 Å². The molecule has 1 aliphatic heterocycles. The minimum Gasteiger partial charge on any atom is -0.339 e.